The van der Waals surface area contributed by atoms with Crippen LogP contribution in [0.4, 0.5) is 5.82 Å². The third kappa shape index (κ3) is 3.29. The molecule has 0 atom stereocenters. The Morgan fingerprint density at radius 1 is 1.67 bits per heavy atom. The van der Waals surface area contributed by atoms with Crippen LogP contribution in [-0.2, 0) is 6.42 Å². The van der Waals surface area contributed by atoms with Crippen molar-refractivity contribution < 1.29 is 0 Å². The van der Waals surface area contributed by atoms with Crippen LogP contribution in [0.5, 0.6) is 0 Å². The summed E-state index contributed by atoms with van der Waals surface area (Å²) in [5.41, 5.74) is 5.44. The number of aromatic amines is 1. The van der Waals surface area contributed by atoms with Gasteiger partial charge in [0, 0.05) is 31.5 Å². The first kappa shape index (κ1) is 13.0. The first-order valence-corrected chi connectivity index (χ1v) is 6.66. The average molecular weight is 266 g/mol. The Kier molecular flexibility index (Phi) is 3.96. The SMILES string of the molecule is CCc1nc(N(CCC(N)=S)C2CC2)cc(=O)[nH]1. The number of anilines is 1. The molecule has 0 aliphatic heterocycles. The maximum Gasteiger partial charge on any atom is 0.252 e. The van der Waals surface area contributed by atoms with Crippen LogP contribution in [0.1, 0.15) is 32.0 Å². The molecule has 0 aromatic carbocycles. The number of H-pyrrole nitrogens is 1. The number of hydrogen-bond acceptors (Lipinski definition) is 4. The summed E-state index contributed by atoms with van der Waals surface area (Å²) in [6.45, 7) is 2.71. The summed E-state index contributed by atoms with van der Waals surface area (Å²) in [6, 6.07) is 2.04. The molecule has 0 unspecified atom stereocenters. The van der Waals surface area contributed by atoms with Crippen molar-refractivity contribution in [1.29, 1.82) is 0 Å². The van der Waals surface area contributed by atoms with E-state index in [0.717, 1.165) is 37.4 Å². The summed E-state index contributed by atoms with van der Waals surface area (Å²) in [6.07, 6.45) is 3.67. The van der Waals surface area contributed by atoms with Crippen LogP contribution in [-0.4, -0.2) is 27.5 Å². The predicted molar refractivity (Wildman–Crippen MR) is 76.0 cm³/mol. The topological polar surface area (TPSA) is 75.0 Å². The summed E-state index contributed by atoms with van der Waals surface area (Å²) in [5, 5.41) is 0. The molecule has 1 aromatic rings. The molecule has 1 aromatic heterocycles. The van der Waals surface area contributed by atoms with Gasteiger partial charge in [-0.2, -0.15) is 0 Å². The normalized spacial score (nSPS) is 14.5. The van der Waals surface area contributed by atoms with E-state index in [1.54, 1.807) is 6.07 Å². The van der Waals surface area contributed by atoms with Gasteiger partial charge in [0.25, 0.3) is 5.56 Å². The van der Waals surface area contributed by atoms with Crippen LogP contribution in [0.15, 0.2) is 10.9 Å². The van der Waals surface area contributed by atoms with Gasteiger partial charge in [-0.1, -0.05) is 19.1 Å². The van der Waals surface area contributed by atoms with Gasteiger partial charge in [0.15, 0.2) is 0 Å². The van der Waals surface area contributed by atoms with Gasteiger partial charge in [-0.05, 0) is 12.8 Å². The molecule has 1 aliphatic carbocycles. The third-order valence-electron chi connectivity index (χ3n) is 2.99. The van der Waals surface area contributed by atoms with Crippen molar-refractivity contribution in [2.24, 2.45) is 5.73 Å². The minimum atomic E-state index is -0.0992. The van der Waals surface area contributed by atoms with Crippen molar-refractivity contribution in [2.45, 2.75) is 38.6 Å². The number of rotatable bonds is 6. The van der Waals surface area contributed by atoms with Crippen LogP contribution in [0.25, 0.3) is 0 Å². The van der Waals surface area contributed by atoms with E-state index in [1.807, 2.05) is 6.92 Å². The van der Waals surface area contributed by atoms with Crippen molar-refractivity contribution in [2.75, 3.05) is 11.4 Å². The monoisotopic (exact) mass is 266 g/mol. The molecular weight excluding hydrogens is 248 g/mol. The highest BCUT2D eigenvalue weighted by Crippen LogP contribution is 2.30. The van der Waals surface area contributed by atoms with Crippen molar-refractivity contribution in [3.8, 4) is 0 Å². The van der Waals surface area contributed by atoms with E-state index in [9.17, 15) is 4.79 Å². The second-order valence-electron chi connectivity index (χ2n) is 4.54. The van der Waals surface area contributed by atoms with Crippen LogP contribution in [0.2, 0.25) is 0 Å². The van der Waals surface area contributed by atoms with Gasteiger partial charge in [-0.15, -0.1) is 0 Å². The van der Waals surface area contributed by atoms with Gasteiger partial charge in [-0.25, -0.2) is 4.98 Å². The fraction of sp³-hybridized carbons (Fsp3) is 0.583. The van der Waals surface area contributed by atoms with E-state index in [1.165, 1.54) is 0 Å². The summed E-state index contributed by atoms with van der Waals surface area (Å²) < 4.78 is 0. The zero-order valence-corrected chi connectivity index (χ0v) is 11.3. The molecular formula is C12H18N4OS. The summed E-state index contributed by atoms with van der Waals surface area (Å²) in [7, 11) is 0. The molecule has 0 amide bonds. The van der Waals surface area contributed by atoms with E-state index in [4.69, 9.17) is 18.0 Å². The lowest BCUT2D eigenvalue weighted by atomic mass is 10.3. The van der Waals surface area contributed by atoms with Gasteiger partial charge in [0.2, 0.25) is 0 Å². The van der Waals surface area contributed by atoms with Crippen LogP contribution in [0, 0.1) is 0 Å². The Morgan fingerprint density at radius 3 is 2.94 bits per heavy atom. The van der Waals surface area contributed by atoms with Crippen molar-refractivity contribution in [3.63, 3.8) is 0 Å². The smallest absolute Gasteiger partial charge is 0.252 e. The second-order valence-corrected chi connectivity index (χ2v) is 5.07. The second kappa shape index (κ2) is 5.48. The fourth-order valence-corrected chi connectivity index (χ4v) is 2.00. The highest BCUT2D eigenvalue weighted by atomic mass is 32.1. The summed E-state index contributed by atoms with van der Waals surface area (Å²) in [4.78, 5) is 21.4. The lowest BCUT2D eigenvalue weighted by Gasteiger charge is -2.23. The number of hydrogen-bond donors (Lipinski definition) is 2. The molecule has 3 N–H and O–H groups in total. The molecule has 0 bridgehead atoms. The minimum absolute atomic E-state index is 0.0992. The standard InChI is InChI=1S/C12H18N4OS/c1-2-10-14-11(7-12(17)15-10)16(8-3-4-8)6-5-9(13)18/h7-8H,2-6H2,1H3,(H2,13,18)(H,14,15,17). The third-order valence-corrected chi connectivity index (χ3v) is 3.20. The maximum absolute atomic E-state index is 11.6. The molecule has 5 nitrogen and oxygen atoms in total. The average Bonchev–Trinajstić information content (AvgIpc) is 3.12. The Bertz CT molecular complexity index is 495. The molecule has 6 heteroatoms. The van der Waals surface area contributed by atoms with E-state index < -0.39 is 0 Å². The predicted octanol–water partition coefficient (Wildman–Crippen LogP) is 0.977. The molecule has 0 radical (unpaired) electrons. The van der Waals surface area contributed by atoms with Gasteiger partial charge in [-0.3, -0.25) is 4.79 Å². The molecule has 2 rings (SSSR count). The minimum Gasteiger partial charge on any atom is -0.393 e. The quantitative estimate of drug-likeness (QED) is 0.751. The maximum atomic E-state index is 11.6. The van der Waals surface area contributed by atoms with Crippen molar-refractivity contribution in [1.82, 2.24) is 9.97 Å². The zero-order valence-electron chi connectivity index (χ0n) is 10.5. The molecule has 0 saturated heterocycles. The van der Waals surface area contributed by atoms with Gasteiger partial charge in [0.05, 0.1) is 4.99 Å². The molecule has 1 heterocycles. The number of nitrogens with two attached hydrogens (primary N) is 1. The first-order chi connectivity index (χ1) is 8.60. The Morgan fingerprint density at radius 2 is 2.39 bits per heavy atom. The molecule has 1 aliphatic rings. The molecule has 1 saturated carbocycles. The Hall–Kier alpha value is -1.43. The van der Waals surface area contributed by atoms with Crippen LogP contribution >= 0.6 is 12.2 Å². The first-order valence-electron chi connectivity index (χ1n) is 6.25. The molecule has 18 heavy (non-hydrogen) atoms. The fourth-order valence-electron chi connectivity index (χ4n) is 1.91. The lowest BCUT2D eigenvalue weighted by molar-refractivity contribution is 0.769. The van der Waals surface area contributed by atoms with Crippen molar-refractivity contribution >= 4 is 23.0 Å². The van der Waals surface area contributed by atoms with E-state index in [-0.39, 0.29) is 5.56 Å². The number of nitrogens with one attached hydrogen (secondary N) is 1. The Balaban J connectivity index is 2.21. The van der Waals surface area contributed by atoms with Gasteiger partial charge >= 0.3 is 0 Å². The zero-order chi connectivity index (χ0) is 13.1. The molecule has 1 fully saturated rings. The Labute approximate surface area is 111 Å². The van der Waals surface area contributed by atoms with E-state index in [0.29, 0.717) is 17.5 Å². The summed E-state index contributed by atoms with van der Waals surface area (Å²) in [5.74, 6) is 1.47. The largest absolute Gasteiger partial charge is 0.393 e. The van der Waals surface area contributed by atoms with Crippen molar-refractivity contribution in [3.05, 3.63) is 22.2 Å². The van der Waals surface area contributed by atoms with Crippen LogP contribution in [0.3, 0.4) is 0 Å². The van der Waals surface area contributed by atoms with Gasteiger partial charge < -0.3 is 15.6 Å². The lowest BCUT2D eigenvalue weighted by Crippen LogP contribution is -2.31. The van der Waals surface area contributed by atoms with E-state index in [2.05, 4.69) is 14.9 Å². The number of aryl methyl sites for hydroxylation is 1. The number of aromatic nitrogens is 2. The number of nitrogens with zero attached hydrogens (tertiary/aromatic N) is 2. The van der Waals surface area contributed by atoms with E-state index >= 15 is 0 Å². The molecule has 98 valence electrons. The van der Waals surface area contributed by atoms with Crippen LogP contribution < -0.4 is 16.2 Å². The number of thiocarbonyl (C=S) groups is 1. The molecule has 0 spiro atoms. The van der Waals surface area contributed by atoms with Gasteiger partial charge in [0.1, 0.15) is 11.6 Å². The summed E-state index contributed by atoms with van der Waals surface area (Å²) >= 11 is 4.91. The highest BCUT2D eigenvalue weighted by Gasteiger charge is 2.30. The highest BCUT2D eigenvalue weighted by molar-refractivity contribution is 7.80.